The number of rotatable bonds is 5. The Balaban J connectivity index is 1.48. The van der Waals surface area contributed by atoms with Crippen molar-refractivity contribution in [3.8, 4) is 5.75 Å². The van der Waals surface area contributed by atoms with Crippen molar-refractivity contribution in [2.45, 2.75) is 13.2 Å². The molecule has 1 heterocycles. The molecule has 1 amide bonds. The standard InChI is InChI=1S/C17H15F2N5O2S/c18-16(19)26-12-7-5-11(6-8-12)21-17(27)23-22-15(25)9-24-10-20-13-3-1-2-4-14(13)24/h1-8,10,16H,9H2,(H,22,25)(H2,21,23,27). The van der Waals surface area contributed by atoms with Crippen LogP contribution in [0.4, 0.5) is 14.5 Å². The Morgan fingerprint density at radius 3 is 2.63 bits per heavy atom. The molecule has 0 atom stereocenters. The maximum atomic E-state index is 12.1. The highest BCUT2D eigenvalue weighted by molar-refractivity contribution is 7.80. The number of carbonyl (C=O) groups excluding carboxylic acids is 1. The smallest absolute Gasteiger partial charge is 0.387 e. The lowest BCUT2D eigenvalue weighted by Gasteiger charge is -2.12. The normalized spacial score (nSPS) is 10.6. The molecular weight excluding hydrogens is 376 g/mol. The van der Waals surface area contributed by atoms with E-state index >= 15 is 0 Å². The van der Waals surface area contributed by atoms with E-state index in [1.165, 1.54) is 24.3 Å². The summed E-state index contributed by atoms with van der Waals surface area (Å²) in [5, 5.41) is 2.95. The zero-order chi connectivity index (χ0) is 19.2. The number of benzene rings is 2. The third-order valence-corrected chi connectivity index (χ3v) is 3.70. The van der Waals surface area contributed by atoms with Gasteiger partial charge in [-0.1, -0.05) is 12.1 Å². The van der Waals surface area contributed by atoms with Gasteiger partial charge in [0.2, 0.25) is 0 Å². The first-order valence-electron chi connectivity index (χ1n) is 7.82. The monoisotopic (exact) mass is 391 g/mol. The molecule has 10 heteroatoms. The molecule has 0 saturated heterocycles. The molecule has 0 spiro atoms. The Morgan fingerprint density at radius 2 is 1.89 bits per heavy atom. The highest BCUT2D eigenvalue weighted by Gasteiger charge is 2.08. The lowest BCUT2D eigenvalue weighted by Crippen LogP contribution is -2.45. The SMILES string of the molecule is O=C(Cn1cnc2ccccc21)NNC(=S)Nc1ccc(OC(F)F)cc1. The van der Waals surface area contributed by atoms with Crippen LogP contribution in [0.1, 0.15) is 0 Å². The van der Waals surface area contributed by atoms with Crippen LogP contribution in [0.5, 0.6) is 5.75 Å². The summed E-state index contributed by atoms with van der Waals surface area (Å²) in [4.78, 5) is 16.3. The van der Waals surface area contributed by atoms with Crippen LogP contribution in [0.15, 0.2) is 54.9 Å². The minimum absolute atomic E-state index is 0.0373. The lowest BCUT2D eigenvalue weighted by atomic mass is 10.3. The Labute approximate surface area is 158 Å². The van der Waals surface area contributed by atoms with Gasteiger partial charge >= 0.3 is 6.61 Å². The van der Waals surface area contributed by atoms with Crippen LogP contribution < -0.4 is 20.9 Å². The number of para-hydroxylation sites is 2. The van der Waals surface area contributed by atoms with E-state index < -0.39 is 6.61 Å². The maximum absolute atomic E-state index is 12.1. The van der Waals surface area contributed by atoms with Crippen molar-refractivity contribution >= 4 is 40.0 Å². The first-order valence-corrected chi connectivity index (χ1v) is 8.22. The zero-order valence-electron chi connectivity index (χ0n) is 13.9. The molecule has 2 aromatic carbocycles. The number of amides is 1. The fraction of sp³-hybridized carbons (Fsp3) is 0.118. The van der Waals surface area contributed by atoms with E-state index in [9.17, 15) is 13.6 Å². The van der Waals surface area contributed by atoms with Gasteiger partial charge in [0.25, 0.3) is 5.91 Å². The van der Waals surface area contributed by atoms with Gasteiger partial charge in [-0.05, 0) is 48.6 Å². The van der Waals surface area contributed by atoms with Crippen LogP contribution in [-0.2, 0) is 11.3 Å². The van der Waals surface area contributed by atoms with E-state index in [4.69, 9.17) is 12.2 Å². The Bertz CT molecular complexity index is 946. The predicted octanol–water partition coefficient (Wildman–Crippen LogP) is 2.66. The largest absolute Gasteiger partial charge is 0.435 e. The van der Waals surface area contributed by atoms with E-state index in [2.05, 4.69) is 25.9 Å². The third-order valence-electron chi connectivity index (χ3n) is 3.49. The van der Waals surface area contributed by atoms with Crippen LogP contribution >= 0.6 is 12.2 Å². The summed E-state index contributed by atoms with van der Waals surface area (Å²) in [7, 11) is 0. The maximum Gasteiger partial charge on any atom is 0.387 e. The molecule has 3 N–H and O–H groups in total. The number of fused-ring (bicyclic) bond motifs is 1. The first-order chi connectivity index (χ1) is 13.0. The summed E-state index contributed by atoms with van der Waals surface area (Å²) < 4.78 is 30.2. The molecule has 27 heavy (non-hydrogen) atoms. The summed E-state index contributed by atoms with van der Waals surface area (Å²) in [6, 6.07) is 13.3. The van der Waals surface area contributed by atoms with E-state index in [0.717, 1.165) is 11.0 Å². The van der Waals surface area contributed by atoms with Crippen LogP contribution in [0.25, 0.3) is 11.0 Å². The number of carbonyl (C=O) groups is 1. The molecule has 3 aromatic rings. The number of nitrogens with zero attached hydrogens (tertiary/aromatic N) is 2. The van der Waals surface area contributed by atoms with Gasteiger partial charge in [-0.3, -0.25) is 15.6 Å². The Hall–Kier alpha value is -3.27. The van der Waals surface area contributed by atoms with Gasteiger partial charge in [0.1, 0.15) is 12.3 Å². The van der Waals surface area contributed by atoms with Crippen molar-refractivity contribution in [3.63, 3.8) is 0 Å². The van der Waals surface area contributed by atoms with Crippen molar-refractivity contribution in [1.29, 1.82) is 0 Å². The van der Waals surface area contributed by atoms with Crippen molar-refractivity contribution in [2.75, 3.05) is 5.32 Å². The van der Waals surface area contributed by atoms with Gasteiger partial charge in [-0.25, -0.2) is 4.98 Å². The number of anilines is 1. The van der Waals surface area contributed by atoms with Crippen molar-refractivity contribution < 1.29 is 18.3 Å². The zero-order valence-corrected chi connectivity index (χ0v) is 14.7. The van der Waals surface area contributed by atoms with E-state index in [1.807, 2.05) is 24.3 Å². The average Bonchev–Trinajstić information content (AvgIpc) is 3.04. The van der Waals surface area contributed by atoms with Crippen LogP contribution in [0.3, 0.4) is 0 Å². The molecule has 0 aliphatic heterocycles. The molecule has 140 valence electrons. The average molecular weight is 391 g/mol. The number of aromatic nitrogens is 2. The third kappa shape index (κ3) is 5.11. The molecule has 0 aliphatic rings. The number of ether oxygens (including phenoxy) is 1. The fourth-order valence-corrected chi connectivity index (χ4v) is 2.51. The van der Waals surface area contributed by atoms with E-state index in [1.54, 1.807) is 10.9 Å². The molecule has 1 aromatic heterocycles. The molecule has 7 nitrogen and oxygen atoms in total. The second-order valence-corrected chi connectivity index (χ2v) is 5.80. The Morgan fingerprint density at radius 1 is 1.15 bits per heavy atom. The molecule has 3 rings (SSSR count). The molecule has 0 aliphatic carbocycles. The van der Waals surface area contributed by atoms with Gasteiger partial charge in [0.05, 0.1) is 17.4 Å². The van der Waals surface area contributed by atoms with Crippen molar-refractivity contribution in [1.82, 2.24) is 20.4 Å². The second kappa shape index (κ2) is 8.41. The fourth-order valence-electron chi connectivity index (χ4n) is 2.34. The number of nitrogens with one attached hydrogen (secondary N) is 3. The minimum Gasteiger partial charge on any atom is -0.435 e. The van der Waals surface area contributed by atoms with Gasteiger partial charge in [-0.15, -0.1) is 0 Å². The molecule has 0 radical (unpaired) electrons. The van der Waals surface area contributed by atoms with E-state index in [-0.39, 0.29) is 23.3 Å². The van der Waals surface area contributed by atoms with E-state index in [0.29, 0.717) is 5.69 Å². The number of hydrazine groups is 1. The summed E-state index contributed by atoms with van der Waals surface area (Å²) in [5.41, 5.74) is 7.24. The van der Waals surface area contributed by atoms with Crippen molar-refractivity contribution in [3.05, 3.63) is 54.9 Å². The van der Waals surface area contributed by atoms with Crippen molar-refractivity contribution in [2.24, 2.45) is 0 Å². The van der Waals surface area contributed by atoms with Gasteiger partial charge in [0.15, 0.2) is 5.11 Å². The summed E-state index contributed by atoms with van der Waals surface area (Å²) in [6.45, 7) is -2.81. The second-order valence-electron chi connectivity index (χ2n) is 5.39. The summed E-state index contributed by atoms with van der Waals surface area (Å²) in [5.74, 6) is -0.279. The number of halogens is 2. The molecule has 0 unspecified atom stereocenters. The number of thiocarbonyl (C=S) groups is 1. The molecule has 0 bridgehead atoms. The molecule has 0 saturated carbocycles. The number of imidazole rings is 1. The van der Waals surface area contributed by atoms with Crippen LogP contribution in [0, 0.1) is 0 Å². The molecule has 0 fully saturated rings. The molecular formula is C17H15F2N5O2S. The quantitative estimate of drug-likeness (QED) is 0.458. The van der Waals surface area contributed by atoms with Gasteiger partial charge < -0.3 is 14.6 Å². The lowest BCUT2D eigenvalue weighted by molar-refractivity contribution is -0.122. The summed E-state index contributed by atoms with van der Waals surface area (Å²) in [6.07, 6.45) is 1.59. The number of hydrogen-bond acceptors (Lipinski definition) is 4. The number of hydrogen-bond donors (Lipinski definition) is 3. The first kappa shape index (κ1) is 18.5. The predicted molar refractivity (Wildman–Crippen MR) is 100 cm³/mol. The summed E-state index contributed by atoms with van der Waals surface area (Å²) >= 11 is 5.07. The highest BCUT2D eigenvalue weighted by Crippen LogP contribution is 2.17. The minimum atomic E-state index is -2.88. The van der Waals surface area contributed by atoms with Gasteiger partial charge in [0, 0.05) is 5.69 Å². The van der Waals surface area contributed by atoms with Crippen LogP contribution in [0.2, 0.25) is 0 Å². The Kier molecular flexibility index (Phi) is 5.77. The highest BCUT2D eigenvalue weighted by atomic mass is 32.1. The topological polar surface area (TPSA) is 80.2 Å². The number of alkyl halides is 2. The van der Waals surface area contributed by atoms with Gasteiger partial charge in [-0.2, -0.15) is 8.78 Å². The van der Waals surface area contributed by atoms with Crippen LogP contribution in [-0.4, -0.2) is 27.2 Å².